The number of carbonyl (C=O) groups excluding carboxylic acids is 2. The van der Waals surface area contributed by atoms with Gasteiger partial charge in [-0.3, -0.25) is 20.4 Å². The van der Waals surface area contributed by atoms with Crippen LogP contribution >= 0.6 is 11.3 Å². The first-order valence-corrected chi connectivity index (χ1v) is 6.66. The molecule has 0 radical (unpaired) electrons. The highest BCUT2D eigenvalue weighted by Crippen LogP contribution is 2.32. The van der Waals surface area contributed by atoms with E-state index in [4.69, 9.17) is 9.47 Å². The number of ether oxygens (including phenoxy) is 2. The average molecular weight is 290 g/mol. The lowest BCUT2D eigenvalue weighted by molar-refractivity contribution is 0.0848. The van der Waals surface area contributed by atoms with Gasteiger partial charge in [0.2, 0.25) is 6.79 Å². The minimum Gasteiger partial charge on any atom is -0.454 e. The van der Waals surface area contributed by atoms with Crippen LogP contribution < -0.4 is 20.3 Å². The molecule has 0 atom stereocenters. The number of fused-ring (bicyclic) bond motifs is 1. The van der Waals surface area contributed by atoms with Gasteiger partial charge in [0.05, 0.1) is 4.88 Å². The van der Waals surface area contributed by atoms with Crippen molar-refractivity contribution in [3.8, 4) is 11.5 Å². The van der Waals surface area contributed by atoms with Gasteiger partial charge < -0.3 is 9.47 Å². The molecule has 0 saturated carbocycles. The molecule has 1 aliphatic heterocycles. The summed E-state index contributed by atoms with van der Waals surface area (Å²) < 4.78 is 10.3. The molecule has 3 rings (SSSR count). The number of benzene rings is 1. The van der Waals surface area contributed by atoms with E-state index in [0.29, 0.717) is 21.9 Å². The fourth-order valence-corrected chi connectivity index (χ4v) is 2.31. The molecule has 2 aromatic rings. The van der Waals surface area contributed by atoms with E-state index in [0.717, 1.165) is 0 Å². The highest BCUT2D eigenvalue weighted by Gasteiger charge is 2.16. The quantitative estimate of drug-likeness (QED) is 0.823. The molecule has 20 heavy (non-hydrogen) atoms. The normalized spacial score (nSPS) is 12.0. The summed E-state index contributed by atoms with van der Waals surface area (Å²) >= 11 is 1.29. The maximum Gasteiger partial charge on any atom is 0.279 e. The van der Waals surface area contributed by atoms with E-state index in [1.54, 1.807) is 35.7 Å². The molecule has 2 amide bonds. The summed E-state index contributed by atoms with van der Waals surface area (Å²) in [5.41, 5.74) is 5.08. The van der Waals surface area contributed by atoms with E-state index in [1.807, 2.05) is 0 Å². The Balaban J connectivity index is 1.63. The number of hydrogen-bond acceptors (Lipinski definition) is 5. The van der Waals surface area contributed by atoms with Crippen molar-refractivity contribution in [1.82, 2.24) is 10.9 Å². The van der Waals surface area contributed by atoms with Gasteiger partial charge in [-0.25, -0.2) is 0 Å². The summed E-state index contributed by atoms with van der Waals surface area (Å²) in [7, 11) is 0. The lowest BCUT2D eigenvalue weighted by Crippen LogP contribution is -2.41. The molecule has 0 bridgehead atoms. The zero-order valence-corrected chi connectivity index (χ0v) is 11.0. The first-order valence-electron chi connectivity index (χ1n) is 5.78. The smallest absolute Gasteiger partial charge is 0.279 e. The minimum atomic E-state index is -0.423. The molecular weight excluding hydrogens is 280 g/mol. The maximum atomic E-state index is 11.9. The summed E-state index contributed by atoms with van der Waals surface area (Å²) in [6, 6.07) is 8.25. The monoisotopic (exact) mass is 290 g/mol. The topological polar surface area (TPSA) is 76.7 Å². The van der Waals surface area contributed by atoms with E-state index in [2.05, 4.69) is 10.9 Å². The van der Waals surface area contributed by atoms with Gasteiger partial charge in [0.15, 0.2) is 11.5 Å². The first-order chi connectivity index (χ1) is 9.74. The van der Waals surface area contributed by atoms with Crippen molar-refractivity contribution in [2.75, 3.05) is 6.79 Å². The van der Waals surface area contributed by atoms with Crippen molar-refractivity contribution in [3.05, 3.63) is 46.2 Å². The lowest BCUT2D eigenvalue weighted by Gasteiger charge is -2.06. The van der Waals surface area contributed by atoms with E-state index in [9.17, 15) is 9.59 Å². The molecule has 7 heteroatoms. The zero-order chi connectivity index (χ0) is 13.9. The highest BCUT2D eigenvalue weighted by atomic mass is 32.1. The number of hydrazine groups is 1. The van der Waals surface area contributed by atoms with Gasteiger partial charge in [-0.05, 0) is 29.6 Å². The van der Waals surface area contributed by atoms with Crippen LogP contribution in [-0.2, 0) is 0 Å². The van der Waals surface area contributed by atoms with Crippen molar-refractivity contribution in [1.29, 1.82) is 0 Å². The highest BCUT2D eigenvalue weighted by molar-refractivity contribution is 7.12. The Morgan fingerprint density at radius 2 is 1.85 bits per heavy atom. The number of thiophene rings is 1. The first kappa shape index (κ1) is 12.5. The summed E-state index contributed by atoms with van der Waals surface area (Å²) in [6.45, 7) is 0.148. The predicted octanol–water partition coefficient (Wildman–Crippen LogP) is 1.55. The fourth-order valence-electron chi connectivity index (χ4n) is 1.69. The van der Waals surface area contributed by atoms with Gasteiger partial charge in [0.1, 0.15) is 0 Å². The van der Waals surface area contributed by atoms with Crippen molar-refractivity contribution in [3.63, 3.8) is 0 Å². The van der Waals surface area contributed by atoms with Crippen LogP contribution in [0.15, 0.2) is 35.7 Å². The molecule has 0 aliphatic carbocycles. The molecule has 1 aromatic heterocycles. The molecule has 2 heterocycles. The number of amides is 2. The van der Waals surface area contributed by atoms with Gasteiger partial charge >= 0.3 is 0 Å². The third-order valence-electron chi connectivity index (χ3n) is 2.67. The average Bonchev–Trinajstić information content (AvgIpc) is 3.13. The Labute approximate surface area is 118 Å². The van der Waals surface area contributed by atoms with Crippen molar-refractivity contribution < 1.29 is 19.1 Å². The molecule has 0 fully saturated rings. The Bertz CT molecular complexity index is 654. The molecule has 6 nitrogen and oxygen atoms in total. The predicted molar refractivity (Wildman–Crippen MR) is 71.8 cm³/mol. The Morgan fingerprint density at radius 1 is 1.05 bits per heavy atom. The van der Waals surface area contributed by atoms with Gasteiger partial charge in [-0.2, -0.15) is 0 Å². The second kappa shape index (κ2) is 5.22. The number of nitrogens with one attached hydrogen (secondary N) is 2. The van der Waals surface area contributed by atoms with Crippen LogP contribution in [0, 0.1) is 0 Å². The molecule has 1 aromatic carbocycles. The van der Waals surface area contributed by atoms with Crippen molar-refractivity contribution in [2.45, 2.75) is 0 Å². The van der Waals surface area contributed by atoms with Crippen molar-refractivity contribution in [2.24, 2.45) is 0 Å². The minimum absolute atomic E-state index is 0.148. The standard InChI is InChI=1S/C13H10N2O4S/c16-12(14-15-13(17)11-2-1-5-20-11)8-3-4-9-10(6-8)19-7-18-9/h1-6H,7H2,(H,14,16)(H,15,17). The Morgan fingerprint density at radius 3 is 2.65 bits per heavy atom. The third kappa shape index (κ3) is 2.43. The Kier molecular flexibility index (Phi) is 3.26. The van der Waals surface area contributed by atoms with Crippen LogP contribution in [0.3, 0.4) is 0 Å². The van der Waals surface area contributed by atoms with E-state index >= 15 is 0 Å². The van der Waals surface area contributed by atoms with Crippen LogP contribution in [0.5, 0.6) is 11.5 Å². The summed E-state index contributed by atoms with van der Waals surface area (Å²) in [6.07, 6.45) is 0. The molecule has 0 saturated heterocycles. The van der Waals surface area contributed by atoms with E-state index < -0.39 is 5.91 Å². The van der Waals surface area contributed by atoms with Gasteiger partial charge in [0.25, 0.3) is 11.8 Å². The van der Waals surface area contributed by atoms with Gasteiger partial charge in [0, 0.05) is 5.56 Å². The largest absolute Gasteiger partial charge is 0.454 e. The molecular formula is C13H10N2O4S. The third-order valence-corrected chi connectivity index (χ3v) is 3.54. The summed E-state index contributed by atoms with van der Waals surface area (Å²) in [5, 5.41) is 1.79. The number of carbonyl (C=O) groups is 2. The number of hydrogen-bond donors (Lipinski definition) is 2. The molecule has 102 valence electrons. The second-order valence-electron chi connectivity index (χ2n) is 3.95. The zero-order valence-electron chi connectivity index (χ0n) is 10.2. The summed E-state index contributed by atoms with van der Waals surface area (Å²) in [5.74, 6) is 0.341. The van der Waals surface area contributed by atoms with Crippen LogP contribution in [0.25, 0.3) is 0 Å². The van der Waals surface area contributed by atoms with E-state index in [-0.39, 0.29) is 12.7 Å². The van der Waals surface area contributed by atoms with Crippen LogP contribution in [0.4, 0.5) is 0 Å². The summed E-state index contributed by atoms with van der Waals surface area (Å²) in [4.78, 5) is 24.1. The number of rotatable bonds is 2. The fraction of sp³-hybridized carbons (Fsp3) is 0.0769. The van der Waals surface area contributed by atoms with Crippen LogP contribution in [-0.4, -0.2) is 18.6 Å². The van der Waals surface area contributed by atoms with E-state index in [1.165, 1.54) is 11.3 Å². The molecule has 0 unspecified atom stereocenters. The molecule has 0 spiro atoms. The second-order valence-corrected chi connectivity index (χ2v) is 4.90. The van der Waals surface area contributed by atoms with Gasteiger partial charge in [-0.1, -0.05) is 6.07 Å². The SMILES string of the molecule is O=C(NNC(=O)c1cccs1)c1ccc2c(c1)OCO2. The van der Waals surface area contributed by atoms with Crippen LogP contribution in [0.1, 0.15) is 20.0 Å². The van der Waals surface area contributed by atoms with Crippen LogP contribution in [0.2, 0.25) is 0 Å². The Hall–Kier alpha value is -2.54. The molecule has 1 aliphatic rings. The molecule has 2 N–H and O–H groups in total. The van der Waals surface area contributed by atoms with Crippen molar-refractivity contribution >= 4 is 23.2 Å². The van der Waals surface area contributed by atoms with Gasteiger partial charge in [-0.15, -0.1) is 11.3 Å². The maximum absolute atomic E-state index is 11.9. The lowest BCUT2D eigenvalue weighted by atomic mass is 10.2.